The lowest BCUT2D eigenvalue weighted by atomic mass is 10.0. The monoisotopic (exact) mass is 282 g/mol. The van der Waals surface area contributed by atoms with Gasteiger partial charge in [0.05, 0.1) is 0 Å². The Hall–Kier alpha value is -0.790. The normalized spacial score (nSPS) is 12.1. The number of rotatable bonds is 14. The highest BCUT2D eigenvalue weighted by Crippen LogP contribution is 2.16. The number of ether oxygens (including phenoxy) is 1. The molecule has 0 aromatic rings. The van der Waals surface area contributed by atoms with Crippen molar-refractivity contribution in [1.29, 1.82) is 0 Å². The zero-order valence-electron chi connectivity index (χ0n) is 13.7. The molecule has 0 aliphatic rings. The predicted octanol–water partition coefficient (Wildman–Crippen LogP) is 5.81. The van der Waals surface area contributed by atoms with Gasteiger partial charge in [-0.2, -0.15) is 0 Å². The number of carbonyl (C=O) groups is 1. The maximum absolute atomic E-state index is 11.1. The van der Waals surface area contributed by atoms with Crippen molar-refractivity contribution in [3.05, 3.63) is 12.7 Å². The zero-order valence-corrected chi connectivity index (χ0v) is 13.7. The molecule has 0 bridgehead atoms. The van der Waals surface area contributed by atoms with Crippen molar-refractivity contribution >= 4 is 5.97 Å². The van der Waals surface area contributed by atoms with Gasteiger partial charge in [0.1, 0.15) is 6.10 Å². The molecule has 0 aliphatic heterocycles. The van der Waals surface area contributed by atoms with Gasteiger partial charge in [-0.15, -0.1) is 6.58 Å². The van der Waals surface area contributed by atoms with Crippen LogP contribution in [-0.4, -0.2) is 12.1 Å². The molecule has 1 unspecified atom stereocenters. The summed E-state index contributed by atoms with van der Waals surface area (Å²) in [7, 11) is 0. The summed E-state index contributed by atoms with van der Waals surface area (Å²) in [6.45, 7) is 7.46. The Morgan fingerprint density at radius 2 is 1.55 bits per heavy atom. The molecule has 0 N–H and O–H groups in total. The van der Waals surface area contributed by atoms with E-state index in [-0.39, 0.29) is 12.1 Å². The predicted molar refractivity (Wildman–Crippen MR) is 86.8 cm³/mol. The summed E-state index contributed by atoms with van der Waals surface area (Å²) in [5, 5.41) is 0. The molecule has 0 fully saturated rings. The van der Waals surface area contributed by atoms with Crippen LogP contribution in [0.15, 0.2) is 12.7 Å². The first-order chi connectivity index (χ1) is 9.70. The van der Waals surface area contributed by atoms with Gasteiger partial charge in [0, 0.05) is 6.92 Å². The molecule has 0 heterocycles. The highest BCUT2D eigenvalue weighted by Gasteiger charge is 2.11. The second-order valence-electron chi connectivity index (χ2n) is 5.71. The van der Waals surface area contributed by atoms with Crippen LogP contribution in [0.4, 0.5) is 0 Å². The summed E-state index contributed by atoms with van der Waals surface area (Å²) in [6, 6.07) is 0. The summed E-state index contributed by atoms with van der Waals surface area (Å²) >= 11 is 0. The van der Waals surface area contributed by atoms with Crippen LogP contribution < -0.4 is 0 Å². The number of carbonyl (C=O) groups excluding carboxylic acids is 1. The van der Waals surface area contributed by atoms with E-state index in [9.17, 15) is 4.79 Å². The van der Waals surface area contributed by atoms with Crippen molar-refractivity contribution in [1.82, 2.24) is 0 Å². The van der Waals surface area contributed by atoms with E-state index >= 15 is 0 Å². The molecule has 0 spiro atoms. The van der Waals surface area contributed by atoms with E-state index in [2.05, 4.69) is 13.5 Å². The fourth-order valence-corrected chi connectivity index (χ4v) is 2.49. The number of unbranched alkanes of at least 4 members (excludes halogenated alkanes) is 8. The van der Waals surface area contributed by atoms with Gasteiger partial charge < -0.3 is 4.74 Å². The second kappa shape index (κ2) is 14.6. The average Bonchev–Trinajstić information content (AvgIpc) is 2.41. The SMILES string of the molecule is C=CCCCCCCCCC(CCCCC)OC(C)=O. The van der Waals surface area contributed by atoms with Gasteiger partial charge in [0.15, 0.2) is 0 Å². The lowest BCUT2D eigenvalue weighted by Crippen LogP contribution is -2.16. The van der Waals surface area contributed by atoms with Crippen LogP contribution in [0.2, 0.25) is 0 Å². The molecule has 1 atom stereocenters. The molecule has 0 aromatic heterocycles. The zero-order chi connectivity index (χ0) is 15.1. The quantitative estimate of drug-likeness (QED) is 0.228. The van der Waals surface area contributed by atoms with E-state index in [1.54, 1.807) is 0 Å². The summed E-state index contributed by atoms with van der Waals surface area (Å²) in [5.41, 5.74) is 0. The minimum absolute atomic E-state index is 0.129. The van der Waals surface area contributed by atoms with Crippen LogP contribution in [0, 0.1) is 0 Å². The topological polar surface area (TPSA) is 26.3 Å². The Kier molecular flexibility index (Phi) is 14.0. The third-order valence-electron chi connectivity index (χ3n) is 3.65. The van der Waals surface area contributed by atoms with Crippen LogP contribution in [0.3, 0.4) is 0 Å². The molecule has 2 nitrogen and oxygen atoms in total. The van der Waals surface area contributed by atoms with Crippen molar-refractivity contribution < 1.29 is 9.53 Å². The van der Waals surface area contributed by atoms with Gasteiger partial charge in [0.25, 0.3) is 0 Å². The smallest absolute Gasteiger partial charge is 0.302 e. The van der Waals surface area contributed by atoms with Crippen molar-refractivity contribution in [2.75, 3.05) is 0 Å². The van der Waals surface area contributed by atoms with E-state index in [4.69, 9.17) is 4.74 Å². The molecular formula is C18H34O2. The fraction of sp³-hybridized carbons (Fsp3) is 0.833. The van der Waals surface area contributed by atoms with Crippen molar-refractivity contribution in [3.63, 3.8) is 0 Å². The molecule has 118 valence electrons. The lowest BCUT2D eigenvalue weighted by molar-refractivity contribution is -0.147. The van der Waals surface area contributed by atoms with E-state index in [0.717, 1.165) is 19.3 Å². The molecule has 20 heavy (non-hydrogen) atoms. The second-order valence-corrected chi connectivity index (χ2v) is 5.71. The van der Waals surface area contributed by atoms with Crippen LogP contribution >= 0.6 is 0 Å². The van der Waals surface area contributed by atoms with Crippen LogP contribution in [0.1, 0.15) is 90.9 Å². The first-order valence-corrected chi connectivity index (χ1v) is 8.48. The summed E-state index contributed by atoms with van der Waals surface area (Å²) in [4.78, 5) is 11.1. The molecule has 0 radical (unpaired) electrons. The summed E-state index contributed by atoms with van der Waals surface area (Å²) in [5.74, 6) is -0.129. The third-order valence-corrected chi connectivity index (χ3v) is 3.65. The van der Waals surface area contributed by atoms with Crippen LogP contribution in [-0.2, 0) is 9.53 Å². The average molecular weight is 282 g/mol. The minimum Gasteiger partial charge on any atom is -0.463 e. The summed E-state index contributed by atoms with van der Waals surface area (Å²) < 4.78 is 5.41. The molecule has 0 aromatic carbocycles. The Morgan fingerprint density at radius 1 is 1.00 bits per heavy atom. The van der Waals surface area contributed by atoms with Gasteiger partial charge in [-0.1, -0.05) is 51.5 Å². The standard InChI is InChI=1S/C18H34O2/c1-4-6-8-9-10-11-12-14-16-18(20-17(3)19)15-13-7-5-2/h4,18H,1,5-16H2,2-3H3. The van der Waals surface area contributed by atoms with Gasteiger partial charge in [0.2, 0.25) is 0 Å². The van der Waals surface area contributed by atoms with E-state index in [1.807, 2.05) is 6.08 Å². The fourth-order valence-electron chi connectivity index (χ4n) is 2.49. The molecule has 0 aliphatic carbocycles. The Morgan fingerprint density at radius 3 is 2.10 bits per heavy atom. The van der Waals surface area contributed by atoms with Gasteiger partial charge in [-0.05, 0) is 38.5 Å². The Bertz CT molecular complexity index is 236. The first kappa shape index (κ1) is 19.2. The lowest BCUT2D eigenvalue weighted by Gasteiger charge is -2.16. The first-order valence-electron chi connectivity index (χ1n) is 8.48. The Labute approximate surface area is 126 Å². The molecule has 0 amide bonds. The number of hydrogen-bond donors (Lipinski definition) is 0. The highest BCUT2D eigenvalue weighted by molar-refractivity contribution is 5.66. The van der Waals surface area contributed by atoms with Crippen LogP contribution in [0.25, 0.3) is 0 Å². The van der Waals surface area contributed by atoms with E-state index in [0.29, 0.717) is 0 Å². The molecular weight excluding hydrogens is 248 g/mol. The Balaban J connectivity index is 3.57. The largest absolute Gasteiger partial charge is 0.463 e. The van der Waals surface area contributed by atoms with Gasteiger partial charge in [-0.3, -0.25) is 4.79 Å². The number of allylic oxidation sites excluding steroid dienone is 1. The molecule has 0 saturated heterocycles. The molecule has 0 rings (SSSR count). The highest BCUT2D eigenvalue weighted by atomic mass is 16.5. The van der Waals surface area contributed by atoms with E-state index < -0.39 is 0 Å². The third kappa shape index (κ3) is 13.6. The van der Waals surface area contributed by atoms with Crippen molar-refractivity contribution in [2.24, 2.45) is 0 Å². The van der Waals surface area contributed by atoms with E-state index in [1.165, 1.54) is 64.7 Å². The number of hydrogen-bond acceptors (Lipinski definition) is 2. The summed E-state index contributed by atoms with van der Waals surface area (Å²) in [6.07, 6.45) is 16.7. The minimum atomic E-state index is -0.129. The molecule has 0 saturated carbocycles. The van der Waals surface area contributed by atoms with Crippen molar-refractivity contribution in [3.8, 4) is 0 Å². The van der Waals surface area contributed by atoms with Crippen LogP contribution in [0.5, 0.6) is 0 Å². The number of esters is 1. The van der Waals surface area contributed by atoms with Gasteiger partial charge in [-0.25, -0.2) is 0 Å². The van der Waals surface area contributed by atoms with Gasteiger partial charge >= 0.3 is 5.97 Å². The molecule has 2 heteroatoms. The maximum Gasteiger partial charge on any atom is 0.302 e. The van der Waals surface area contributed by atoms with Crippen molar-refractivity contribution in [2.45, 2.75) is 97.0 Å². The maximum atomic E-state index is 11.1.